The molecule has 2 aromatic carbocycles. The third kappa shape index (κ3) is 4.48. The van der Waals surface area contributed by atoms with Crippen molar-refractivity contribution < 1.29 is 9.53 Å². The van der Waals surface area contributed by atoms with E-state index < -0.39 is 0 Å². The number of nitrogens with zero attached hydrogens (tertiary/aromatic N) is 5. The number of nitrogens with two attached hydrogens (primary N) is 2. The van der Waals surface area contributed by atoms with Crippen molar-refractivity contribution in [3.8, 4) is 22.8 Å². The van der Waals surface area contributed by atoms with E-state index in [2.05, 4.69) is 14.9 Å². The van der Waals surface area contributed by atoms with Gasteiger partial charge in [0.1, 0.15) is 29.3 Å². The maximum atomic E-state index is 11.9. The smallest absolute Gasteiger partial charge is 0.164 e. The zero-order valence-electron chi connectivity index (χ0n) is 18.8. The number of anilines is 1. The Balaban J connectivity index is 1.46. The van der Waals surface area contributed by atoms with Gasteiger partial charge < -0.3 is 16.2 Å². The van der Waals surface area contributed by atoms with Gasteiger partial charge in [0.2, 0.25) is 0 Å². The SMILES string of the molecule is NCC(=O)CN1CCCC(n2nc(-c3ccc(Oc4ccccc4)cc3)c3c(N)ncnc32)C1. The highest BCUT2D eigenvalue weighted by molar-refractivity contribution is 5.98. The summed E-state index contributed by atoms with van der Waals surface area (Å²) in [5.41, 5.74) is 14.1. The van der Waals surface area contributed by atoms with Crippen LogP contribution in [-0.2, 0) is 4.79 Å². The highest BCUT2D eigenvalue weighted by Crippen LogP contribution is 2.34. The first-order valence-corrected chi connectivity index (χ1v) is 11.4. The van der Waals surface area contributed by atoms with Crippen LogP contribution in [0.25, 0.3) is 22.3 Å². The second-order valence-corrected chi connectivity index (χ2v) is 8.46. The van der Waals surface area contributed by atoms with E-state index in [0.717, 1.165) is 47.5 Å². The van der Waals surface area contributed by atoms with Gasteiger partial charge in [-0.25, -0.2) is 14.6 Å². The van der Waals surface area contributed by atoms with Gasteiger partial charge in [-0.2, -0.15) is 5.10 Å². The van der Waals surface area contributed by atoms with E-state index >= 15 is 0 Å². The molecular formula is C25H27N7O2. The quantitative estimate of drug-likeness (QED) is 0.434. The van der Waals surface area contributed by atoms with E-state index in [1.54, 1.807) is 0 Å². The fourth-order valence-electron chi connectivity index (χ4n) is 4.45. The van der Waals surface area contributed by atoms with Gasteiger partial charge in [-0.05, 0) is 55.8 Å². The molecular weight excluding hydrogens is 430 g/mol. The van der Waals surface area contributed by atoms with Gasteiger partial charge in [0.25, 0.3) is 0 Å². The number of ketones is 1. The molecule has 34 heavy (non-hydrogen) atoms. The molecule has 3 heterocycles. The third-order valence-corrected chi connectivity index (χ3v) is 6.08. The molecule has 4 N–H and O–H groups in total. The molecule has 174 valence electrons. The number of aromatic nitrogens is 4. The van der Waals surface area contributed by atoms with Crippen molar-refractivity contribution >= 4 is 22.6 Å². The number of carbonyl (C=O) groups is 1. The Morgan fingerprint density at radius 1 is 1.06 bits per heavy atom. The van der Waals surface area contributed by atoms with E-state index in [0.29, 0.717) is 24.6 Å². The van der Waals surface area contributed by atoms with Crippen molar-refractivity contribution in [2.24, 2.45) is 5.73 Å². The predicted octanol–water partition coefficient (Wildman–Crippen LogP) is 3.03. The van der Waals surface area contributed by atoms with Gasteiger partial charge >= 0.3 is 0 Å². The van der Waals surface area contributed by atoms with Crippen molar-refractivity contribution in [1.29, 1.82) is 0 Å². The summed E-state index contributed by atoms with van der Waals surface area (Å²) in [6, 6.07) is 17.5. The second-order valence-electron chi connectivity index (χ2n) is 8.46. The number of nitrogen functional groups attached to an aromatic ring is 1. The van der Waals surface area contributed by atoms with E-state index in [1.165, 1.54) is 6.33 Å². The highest BCUT2D eigenvalue weighted by atomic mass is 16.5. The van der Waals surface area contributed by atoms with E-state index in [-0.39, 0.29) is 18.4 Å². The Morgan fingerprint density at radius 3 is 2.59 bits per heavy atom. The Kier molecular flexibility index (Phi) is 6.20. The van der Waals surface area contributed by atoms with Gasteiger partial charge in [-0.1, -0.05) is 18.2 Å². The van der Waals surface area contributed by atoms with Gasteiger partial charge in [-0.15, -0.1) is 0 Å². The first kappa shape index (κ1) is 22.0. The molecule has 1 aliphatic heterocycles. The van der Waals surface area contributed by atoms with Gasteiger partial charge in [0.15, 0.2) is 11.4 Å². The minimum Gasteiger partial charge on any atom is -0.457 e. The van der Waals surface area contributed by atoms with Crippen LogP contribution in [0.5, 0.6) is 11.5 Å². The van der Waals surface area contributed by atoms with Crippen LogP contribution in [-0.4, -0.2) is 56.6 Å². The molecule has 9 heteroatoms. The van der Waals surface area contributed by atoms with Crippen LogP contribution in [0.2, 0.25) is 0 Å². The maximum Gasteiger partial charge on any atom is 0.164 e. The molecule has 1 atom stereocenters. The summed E-state index contributed by atoms with van der Waals surface area (Å²) in [4.78, 5) is 22.7. The average Bonchev–Trinajstić information content (AvgIpc) is 3.26. The standard InChI is InChI=1S/C25H27N7O2/c26-13-19(33)15-31-12-4-5-18(14-31)32-25-22(24(27)28-16-29-25)23(30-32)17-8-10-21(11-9-17)34-20-6-2-1-3-7-20/h1-3,6-11,16,18H,4-5,12-15,26H2,(H2,27,28,29). The Bertz CT molecular complexity index is 1290. The summed E-state index contributed by atoms with van der Waals surface area (Å²) >= 11 is 0. The van der Waals surface area contributed by atoms with Crippen LogP contribution in [0.3, 0.4) is 0 Å². The van der Waals surface area contributed by atoms with Gasteiger partial charge in [0.05, 0.1) is 24.5 Å². The van der Waals surface area contributed by atoms with Crippen LogP contribution < -0.4 is 16.2 Å². The van der Waals surface area contributed by atoms with E-state index in [9.17, 15) is 4.79 Å². The zero-order valence-corrected chi connectivity index (χ0v) is 18.8. The van der Waals surface area contributed by atoms with Crippen LogP contribution in [0.1, 0.15) is 18.9 Å². The number of hydrogen-bond donors (Lipinski definition) is 2. The number of piperidine rings is 1. The van der Waals surface area contributed by atoms with E-state index in [4.69, 9.17) is 21.3 Å². The molecule has 1 saturated heterocycles. The molecule has 0 amide bonds. The number of Topliss-reactive ketones (excluding diaryl/α,β-unsaturated/α-hetero) is 1. The fraction of sp³-hybridized carbons (Fsp3) is 0.280. The summed E-state index contributed by atoms with van der Waals surface area (Å²) in [5, 5.41) is 5.68. The Morgan fingerprint density at radius 2 is 1.82 bits per heavy atom. The predicted molar refractivity (Wildman–Crippen MR) is 130 cm³/mol. The first-order valence-electron chi connectivity index (χ1n) is 11.4. The largest absolute Gasteiger partial charge is 0.457 e. The summed E-state index contributed by atoms with van der Waals surface area (Å²) in [6.45, 7) is 1.99. The number of ether oxygens (including phenoxy) is 1. The van der Waals surface area contributed by atoms with Crippen LogP contribution in [0.15, 0.2) is 60.9 Å². The summed E-state index contributed by atoms with van der Waals surface area (Å²) in [5.74, 6) is 1.94. The molecule has 5 rings (SSSR count). The summed E-state index contributed by atoms with van der Waals surface area (Å²) < 4.78 is 7.86. The maximum absolute atomic E-state index is 11.9. The fourth-order valence-corrected chi connectivity index (χ4v) is 4.45. The number of carbonyl (C=O) groups excluding carboxylic acids is 1. The lowest BCUT2D eigenvalue weighted by atomic mass is 10.1. The molecule has 9 nitrogen and oxygen atoms in total. The van der Waals surface area contributed by atoms with Crippen LogP contribution in [0, 0.1) is 0 Å². The number of para-hydroxylation sites is 1. The average molecular weight is 458 g/mol. The minimum absolute atomic E-state index is 0.0380. The van der Waals surface area contributed by atoms with Crippen molar-refractivity contribution in [2.75, 3.05) is 31.9 Å². The lowest BCUT2D eigenvalue weighted by molar-refractivity contribution is -0.119. The lowest BCUT2D eigenvalue weighted by Gasteiger charge is -2.32. The zero-order chi connectivity index (χ0) is 23.5. The van der Waals surface area contributed by atoms with Crippen molar-refractivity contribution in [3.05, 3.63) is 60.9 Å². The molecule has 0 radical (unpaired) electrons. The molecule has 1 aliphatic rings. The summed E-state index contributed by atoms with van der Waals surface area (Å²) in [6.07, 6.45) is 3.37. The molecule has 0 spiro atoms. The van der Waals surface area contributed by atoms with Crippen molar-refractivity contribution in [2.45, 2.75) is 18.9 Å². The topological polar surface area (TPSA) is 125 Å². The number of benzene rings is 2. The highest BCUT2D eigenvalue weighted by Gasteiger charge is 2.27. The Labute approximate surface area is 197 Å². The molecule has 2 aromatic heterocycles. The number of rotatable bonds is 7. The second kappa shape index (κ2) is 9.58. The summed E-state index contributed by atoms with van der Waals surface area (Å²) in [7, 11) is 0. The van der Waals surface area contributed by atoms with Gasteiger partial charge in [0, 0.05) is 12.1 Å². The lowest BCUT2D eigenvalue weighted by Crippen LogP contribution is -2.41. The monoisotopic (exact) mass is 457 g/mol. The van der Waals surface area contributed by atoms with Crippen LogP contribution >= 0.6 is 0 Å². The molecule has 4 aromatic rings. The third-order valence-electron chi connectivity index (χ3n) is 6.08. The number of fused-ring (bicyclic) bond motifs is 1. The Hall–Kier alpha value is -3.82. The molecule has 1 fully saturated rings. The molecule has 0 saturated carbocycles. The van der Waals surface area contributed by atoms with Gasteiger partial charge in [-0.3, -0.25) is 9.69 Å². The first-order chi connectivity index (χ1) is 16.6. The van der Waals surface area contributed by atoms with Crippen LogP contribution in [0.4, 0.5) is 5.82 Å². The molecule has 0 aliphatic carbocycles. The number of likely N-dealkylation sites (tertiary alicyclic amines) is 1. The van der Waals surface area contributed by atoms with E-state index in [1.807, 2.05) is 59.3 Å². The minimum atomic E-state index is 0.0380. The normalized spacial score (nSPS) is 16.6. The van der Waals surface area contributed by atoms with Crippen molar-refractivity contribution in [1.82, 2.24) is 24.6 Å². The number of hydrogen-bond acceptors (Lipinski definition) is 8. The van der Waals surface area contributed by atoms with Crippen molar-refractivity contribution in [3.63, 3.8) is 0 Å². The molecule has 0 bridgehead atoms. The molecule has 1 unspecified atom stereocenters.